The molecule has 2 N–H and O–H groups in total. The second-order valence-corrected chi connectivity index (χ2v) is 7.94. The maximum atomic E-state index is 12.2. The smallest absolute Gasteiger partial charge is 0.304 e. The van der Waals surface area contributed by atoms with Crippen molar-refractivity contribution in [2.24, 2.45) is 5.92 Å². The van der Waals surface area contributed by atoms with E-state index < -0.39 is 14.9 Å². The van der Waals surface area contributed by atoms with E-state index in [-0.39, 0.29) is 14.9 Å². The summed E-state index contributed by atoms with van der Waals surface area (Å²) in [6.07, 6.45) is 0.721. The zero-order valence-corrected chi connectivity index (χ0v) is 12.6. The van der Waals surface area contributed by atoms with Crippen molar-refractivity contribution in [1.82, 2.24) is 4.31 Å². The van der Waals surface area contributed by atoms with Crippen LogP contribution in [-0.2, 0) is 10.0 Å². The molecule has 19 heavy (non-hydrogen) atoms. The Bertz CT molecular complexity index is 565. The lowest BCUT2D eigenvalue weighted by Gasteiger charge is -2.16. The molecule has 0 saturated heterocycles. The van der Waals surface area contributed by atoms with Crippen LogP contribution < -0.4 is 5.73 Å². The number of nitro groups is 1. The summed E-state index contributed by atoms with van der Waals surface area (Å²) in [6, 6.07) is 1.02. The van der Waals surface area contributed by atoms with Gasteiger partial charge >= 0.3 is 5.69 Å². The topological polar surface area (TPSA) is 107 Å². The van der Waals surface area contributed by atoms with E-state index in [1.54, 1.807) is 0 Å². The summed E-state index contributed by atoms with van der Waals surface area (Å²) in [4.78, 5) is 9.99. The molecule has 1 aromatic heterocycles. The monoisotopic (exact) mass is 307 g/mol. The third-order valence-electron chi connectivity index (χ3n) is 2.60. The first-order valence-corrected chi connectivity index (χ1v) is 7.92. The maximum absolute atomic E-state index is 12.2. The standard InChI is InChI=1S/C10H17N3O4S2/c1-7(2)4-5-12(3)19(16,17)9-6-8(13(14)15)10(11)18-9/h6-7H,4-5,11H2,1-3H3. The zero-order valence-electron chi connectivity index (χ0n) is 11.0. The van der Waals surface area contributed by atoms with Crippen LogP contribution in [0.5, 0.6) is 0 Å². The Morgan fingerprint density at radius 3 is 2.53 bits per heavy atom. The molecule has 108 valence electrons. The summed E-state index contributed by atoms with van der Waals surface area (Å²) in [6.45, 7) is 4.36. The molecule has 0 aliphatic rings. The highest BCUT2D eigenvalue weighted by Crippen LogP contribution is 2.35. The van der Waals surface area contributed by atoms with E-state index in [2.05, 4.69) is 0 Å². The van der Waals surface area contributed by atoms with Crippen molar-refractivity contribution in [2.75, 3.05) is 19.3 Å². The largest absolute Gasteiger partial charge is 0.385 e. The molecule has 0 aliphatic carbocycles. The molecule has 9 heteroatoms. The first kappa shape index (κ1) is 15.9. The average Bonchev–Trinajstić information content (AvgIpc) is 2.68. The van der Waals surface area contributed by atoms with Gasteiger partial charge in [0.25, 0.3) is 10.0 Å². The van der Waals surface area contributed by atoms with E-state index >= 15 is 0 Å². The number of rotatable bonds is 6. The fourth-order valence-corrected chi connectivity index (χ4v) is 3.97. The molecule has 7 nitrogen and oxygen atoms in total. The molecule has 0 unspecified atom stereocenters. The van der Waals surface area contributed by atoms with Gasteiger partial charge in [0.05, 0.1) is 4.92 Å². The summed E-state index contributed by atoms with van der Waals surface area (Å²) in [5.74, 6) is 0.375. The van der Waals surface area contributed by atoms with Gasteiger partial charge in [-0.1, -0.05) is 25.2 Å². The Kier molecular flexibility index (Phi) is 4.88. The van der Waals surface area contributed by atoms with Gasteiger partial charge in [-0.2, -0.15) is 0 Å². The molecule has 0 aliphatic heterocycles. The van der Waals surface area contributed by atoms with Gasteiger partial charge in [0.1, 0.15) is 4.21 Å². The summed E-state index contributed by atoms with van der Waals surface area (Å²) in [5.41, 5.74) is 5.09. The number of nitrogens with zero attached hydrogens (tertiary/aromatic N) is 2. The minimum absolute atomic E-state index is 0.0945. The zero-order chi connectivity index (χ0) is 14.8. The minimum atomic E-state index is -3.70. The first-order valence-electron chi connectivity index (χ1n) is 5.66. The van der Waals surface area contributed by atoms with Crippen molar-refractivity contribution in [3.05, 3.63) is 16.2 Å². The molecule has 0 atom stereocenters. The van der Waals surface area contributed by atoms with Crippen molar-refractivity contribution in [3.63, 3.8) is 0 Å². The van der Waals surface area contributed by atoms with E-state index in [1.165, 1.54) is 11.4 Å². The molecule has 1 aromatic rings. The van der Waals surface area contributed by atoms with Crippen LogP contribution in [0.1, 0.15) is 20.3 Å². The minimum Gasteiger partial charge on any atom is -0.385 e. The molecule has 0 spiro atoms. The third kappa shape index (κ3) is 3.64. The van der Waals surface area contributed by atoms with Crippen molar-refractivity contribution in [3.8, 4) is 0 Å². The average molecular weight is 307 g/mol. The predicted molar refractivity (Wildman–Crippen MR) is 74.7 cm³/mol. The molecule has 0 fully saturated rings. The van der Waals surface area contributed by atoms with Gasteiger partial charge in [-0.3, -0.25) is 10.1 Å². The van der Waals surface area contributed by atoms with E-state index in [0.717, 1.165) is 23.8 Å². The van der Waals surface area contributed by atoms with Crippen LogP contribution in [0.15, 0.2) is 10.3 Å². The summed E-state index contributed by atoms with van der Waals surface area (Å²) in [7, 11) is -2.24. The number of nitrogens with two attached hydrogens (primary N) is 1. The second kappa shape index (κ2) is 5.85. The predicted octanol–water partition coefficient (Wildman–Crippen LogP) is 1.91. The Hall–Kier alpha value is -1.19. The first-order chi connectivity index (χ1) is 8.66. The molecular formula is C10H17N3O4S2. The van der Waals surface area contributed by atoms with Crippen LogP contribution in [0, 0.1) is 16.0 Å². The lowest BCUT2D eigenvalue weighted by atomic mass is 10.1. The van der Waals surface area contributed by atoms with Gasteiger partial charge in [-0.05, 0) is 12.3 Å². The van der Waals surface area contributed by atoms with E-state index in [0.29, 0.717) is 12.5 Å². The Morgan fingerprint density at radius 1 is 1.53 bits per heavy atom. The number of anilines is 1. The van der Waals surface area contributed by atoms with Crippen molar-refractivity contribution in [1.29, 1.82) is 0 Å². The Morgan fingerprint density at radius 2 is 2.11 bits per heavy atom. The highest BCUT2D eigenvalue weighted by atomic mass is 32.2. The number of nitrogen functional groups attached to an aromatic ring is 1. The normalized spacial score (nSPS) is 12.3. The SMILES string of the molecule is CC(C)CCN(C)S(=O)(=O)c1cc([N+](=O)[O-])c(N)s1. The van der Waals surface area contributed by atoms with Gasteiger partial charge in [0, 0.05) is 19.7 Å². The van der Waals surface area contributed by atoms with Crippen LogP contribution in [0.3, 0.4) is 0 Å². The second-order valence-electron chi connectivity index (χ2n) is 4.58. The van der Waals surface area contributed by atoms with E-state index in [4.69, 9.17) is 5.73 Å². The molecule has 0 bridgehead atoms. The number of hydrogen-bond donors (Lipinski definition) is 1. The third-order valence-corrected chi connectivity index (χ3v) is 5.86. The van der Waals surface area contributed by atoms with Gasteiger partial charge in [0.15, 0.2) is 5.00 Å². The Labute approximate surface area is 116 Å². The van der Waals surface area contributed by atoms with Crippen molar-refractivity contribution >= 4 is 32.0 Å². The maximum Gasteiger partial charge on any atom is 0.304 e. The Balaban J connectivity index is 3.00. The van der Waals surface area contributed by atoms with E-state index in [1.807, 2.05) is 13.8 Å². The van der Waals surface area contributed by atoms with Crippen molar-refractivity contribution < 1.29 is 13.3 Å². The van der Waals surface area contributed by atoms with Gasteiger partial charge in [0.2, 0.25) is 0 Å². The summed E-state index contributed by atoms with van der Waals surface area (Å²) in [5, 5.41) is 10.6. The molecule has 1 rings (SSSR count). The summed E-state index contributed by atoms with van der Waals surface area (Å²) >= 11 is 0.719. The highest BCUT2D eigenvalue weighted by molar-refractivity contribution is 7.91. The van der Waals surface area contributed by atoms with Crippen LogP contribution in [-0.4, -0.2) is 31.2 Å². The van der Waals surface area contributed by atoms with Crippen molar-refractivity contribution in [2.45, 2.75) is 24.5 Å². The van der Waals surface area contributed by atoms with Crippen LogP contribution in [0.4, 0.5) is 10.7 Å². The van der Waals surface area contributed by atoms with Gasteiger partial charge in [-0.15, -0.1) is 0 Å². The van der Waals surface area contributed by atoms with Crippen LogP contribution >= 0.6 is 11.3 Å². The lowest BCUT2D eigenvalue weighted by Crippen LogP contribution is -2.28. The van der Waals surface area contributed by atoms with Gasteiger partial charge < -0.3 is 5.73 Å². The fourth-order valence-electron chi connectivity index (χ4n) is 1.36. The molecular weight excluding hydrogens is 290 g/mol. The number of thiophene rings is 1. The molecule has 0 radical (unpaired) electrons. The van der Waals surface area contributed by atoms with E-state index in [9.17, 15) is 18.5 Å². The summed E-state index contributed by atoms with van der Waals surface area (Å²) < 4.78 is 25.5. The fraction of sp³-hybridized carbons (Fsp3) is 0.600. The highest BCUT2D eigenvalue weighted by Gasteiger charge is 2.28. The quantitative estimate of drug-likeness (QED) is 0.638. The number of sulfonamides is 1. The molecule has 0 amide bonds. The molecule has 0 aromatic carbocycles. The number of hydrogen-bond acceptors (Lipinski definition) is 6. The van der Waals surface area contributed by atoms with Crippen LogP contribution in [0.25, 0.3) is 0 Å². The molecule has 1 heterocycles. The molecule has 0 saturated carbocycles. The lowest BCUT2D eigenvalue weighted by molar-refractivity contribution is -0.383. The van der Waals surface area contributed by atoms with Gasteiger partial charge in [-0.25, -0.2) is 12.7 Å². The van der Waals surface area contributed by atoms with Crippen LogP contribution in [0.2, 0.25) is 0 Å².